The zero-order valence-corrected chi connectivity index (χ0v) is 18.7. The third-order valence-corrected chi connectivity index (χ3v) is 6.78. The van der Waals surface area contributed by atoms with Crippen molar-refractivity contribution in [2.45, 2.75) is 18.0 Å². The maximum Gasteiger partial charge on any atom is 0.253 e. The van der Waals surface area contributed by atoms with Gasteiger partial charge in [-0.25, -0.2) is 8.42 Å². The quantitative estimate of drug-likeness (QED) is 0.537. The summed E-state index contributed by atoms with van der Waals surface area (Å²) in [5.74, 6) is 0.636. The molecule has 0 radical (unpaired) electrons. The van der Waals surface area contributed by atoms with Crippen molar-refractivity contribution in [1.82, 2.24) is 9.21 Å². The molecule has 162 valence electrons. The van der Waals surface area contributed by atoms with E-state index in [1.807, 2.05) is 24.3 Å². The first-order valence-corrected chi connectivity index (χ1v) is 11.2. The van der Waals surface area contributed by atoms with Gasteiger partial charge in [0.1, 0.15) is 5.75 Å². The molecule has 3 rings (SSSR count). The molecule has 0 fully saturated rings. The van der Waals surface area contributed by atoms with E-state index in [-0.39, 0.29) is 17.3 Å². The highest BCUT2D eigenvalue weighted by molar-refractivity contribution is 7.89. The van der Waals surface area contributed by atoms with Crippen molar-refractivity contribution in [2.75, 3.05) is 21.2 Å². The van der Waals surface area contributed by atoms with Gasteiger partial charge in [-0.05, 0) is 47.5 Å². The van der Waals surface area contributed by atoms with E-state index in [2.05, 4.69) is 0 Å². The molecule has 3 aromatic carbocycles. The fraction of sp³-hybridized carbons (Fsp3) is 0.208. The third kappa shape index (κ3) is 5.51. The highest BCUT2D eigenvalue weighted by Gasteiger charge is 2.20. The Kier molecular flexibility index (Phi) is 7.09. The minimum atomic E-state index is -3.57. The average molecular weight is 439 g/mol. The monoisotopic (exact) mass is 438 g/mol. The molecule has 0 N–H and O–H groups in total. The molecular weight excluding hydrogens is 412 g/mol. The predicted octanol–water partition coefficient (Wildman–Crippen LogP) is 3.79. The molecule has 6 nitrogen and oxygen atoms in total. The highest BCUT2D eigenvalue weighted by Crippen LogP contribution is 2.18. The molecule has 0 heterocycles. The van der Waals surface area contributed by atoms with Crippen LogP contribution in [0.3, 0.4) is 0 Å². The van der Waals surface area contributed by atoms with Crippen molar-refractivity contribution in [3.05, 3.63) is 95.6 Å². The zero-order valence-electron chi connectivity index (χ0n) is 17.9. The van der Waals surface area contributed by atoms with Crippen molar-refractivity contribution in [1.29, 1.82) is 0 Å². The Labute approximate surface area is 183 Å². The molecule has 0 unspecified atom stereocenters. The molecule has 0 bridgehead atoms. The summed E-state index contributed by atoms with van der Waals surface area (Å²) in [6, 6.07) is 22.9. The molecule has 3 aromatic rings. The van der Waals surface area contributed by atoms with E-state index < -0.39 is 10.0 Å². The van der Waals surface area contributed by atoms with Crippen LogP contribution in [0.1, 0.15) is 21.5 Å². The Hall–Kier alpha value is -3.16. The van der Waals surface area contributed by atoms with E-state index in [9.17, 15) is 13.2 Å². The number of amides is 1. The van der Waals surface area contributed by atoms with Crippen LogP contribution in [0.15, 0.2) is 83.8 Å². The molecule has 0 saturated carbocycles. The van der Waals surface area contributed by atoms with Gasteiger partial charge in [-0.15, -0.1) is 0 Å². The van der Waals surface area contributed by atoms with Gasteiger partial charge in [0, 0.05) is 32.7 Å². The highest BCUT2D eigenvalue weighted by atomic mass is 32.2. The van der Waals surface area contributed by atoms with Crippen LogP contribution < -0.4 is 4.74 Å². The van der Waals surface area contributed by atoms with Gasteiger partial charge in [0.2, 0.25) is 10.0 Å². The van der Waals surface area contributed by atoms with Gasteiger partial charge >= 0.3 is 0 Å². The van der Waals surface area contributed by atoms with Gasteiger partial charge in [-0.3, -0.25) is 4.79 Å². The second-order valence-electron chi connectivity index (χ2n) is 7.28. The summed E-state index contributed by atoms with van der Waals surface area (Å²) in [6.07, 6.45) is 0. The van der Waals surface area contributed by atoms with Crippen LogP contribution in [0.5, 0.6) is 5.75 Å². The van der Waals surface area contributed by atoms with Crippen LogP contribution in [-0.4, -0.2) is 44.7 Å². The molecule has 0 saturated heterocycles. The second-order valence-corrected chi connectivity index (χ2v) is 9.33. The van der Waals surface area contributed by atoms with E-state index in [4.69, 9.17) is 4.74 Å². The molecule has 0 spiro atoms. The first-order chi connectivity index (χ1) is 14.8. The standard InChI is InChI=1S/C24H26N2O4S/c1-25(17-20-8-7-9-22(16-20)30-3)24(27)21-14-12-19(13-15-21)18-26(2)31(28,29)23-10-5-4-6-11-23/h4-16H,17-18H2,1-3H3. The third-order valence-electron chi connectivity index (χ3n) is 4.96. The minimum absolute atomic E-state index is 0.111. The van der Waals surface area contributed by atoms with Gasteiger partial charge in [-0.1, -0.05) is 42.5 Å². The van der Waals surface area contributed by atoms with Crippen LogP contribution in [0, 0.1) is 0 Å². The number of methoxy groups -OCH3 is 1. The van der Waals surface area contributed by atoms with Crippen molar-refractivity contribution < 1.29 is 17.9 Å². The number of hydrogen-bond acceptors (Lipinski definition) is 4. The van der Waals surface area contributed by atoms with Crippen molar-refractivity contribution in [3.63, 3.8) is 0 Å². The number of carbonyl (C=O) groups is 1. The summed E-state index contributed by atoms with van der Waals surface area (Å²) in [5.41, 5.74) is 2.32. The second kappa shape index (κ2) is 9.76. The molecule has 0 aromatic heterocycles. The van der Waals surface area contributed by atoms with Gasteiger partial charge < -0.3 is 9.64 Å². The van der Waals surface area contributed by atoms with Crippen LogP contribution in [0.25, 0.3) is 0 Å². The smallest absolute Gasteiger partial charge is 0.253 e. The molecule has 0 aliphatic carbocycles. The lowest BCUT2D eigenvalue weighted by Gasteiger charge is -2.19. The summed E-state index contributed by atoms with van der Waals surface area (Å²) in [6.45, 7) is 0.668. The Bertz CT molecular complexity index is 1130. The number of benzene rings is 3. The largest absolute Gasteiger partial charge is 0.497 e. The Balaban J connectivity index is 1.65. The van der Waals surface area contributed by atoms with E-state index in [0.717, 1.165) is 16.9 Å². The van der Waals surface area contributed by atoms with E-state index in [1.54, 1.807) is 80.7 Å². The number of carbonyl (C=O) groups excluding carboxylic acids is 1. The number of rotatable bonds is 8. The fourth-order valence-corrected chi connectivity index (χ4v) is 4.38. The summed E-state index contributed by atoms with van der Waals surface area (Å²) in [7, 11) is 1.33. The topological polar surface area (TPSA) is 66.9 Å². The van der Waals surface area contributed by atoms with Gasteiger partial charge in [0.05, 0.1) is 12.0 Å². The van der Waals surface area contributed by atoms with Gasteiger partial charge in [0.25, 0.3) is 5.91 Å². The van der Waals surface area contributed by atoms with Crippen molar-refractivity contribution in [3.8, 4) is 5.75 Å². The fourth-order valence-electron chi connectivity index (χ4n) is 3.20. The molecule has 0 atom stereocenters. The molecule has 0 aliphatic rings. The molecule has 31 heavy (non-hydrogen) atoms. The van der Waals surface area contributed by atoms with Crippen LogP contribution in [0.2, 0.25) is 0 Å². The summed E-state index contributed by atoms with van der Waals surface area (Å²) in [4.78, 5) is 14.7. The molecule has 0 aliphatic heterocycles. The average Bonchev–Trinajstić information content (AvgIpc) is 2.79. The molecule has 1 amide bonds. The summed E-state index contributed by atoms with van der Waals surface area (Å²) < 4.78 is 31.9. The van der Waals surface area contributed by atoms with Crippen molar-refractivity contribution in [2.24, 2.45) is 0 Å². The lowest BCUT2D eigenvalue weighted by molar-refractivity contribution is 0.0785. The maximum atomic E-state index is 12.8. The summed E-state index contributed by atoms with van der Waals surface area (Å²) in [5, 5.41) is 0. The Morgan fingerprint density at radius 1 is 0.839 bits per heavy atom. The normalized spacial score (nSPS) is 11.4. The van der Waals surface area contributed by atoms with E-state index >= 15 is 0 Å². The van der Waals surface area contributed by atoms with Crippen LogP contribution in [0.4, 0.5) is 0 Å². The maximum absolute atomic E-state index is 12.8. The van der Waals surface area contributed by atoms with Gasteiger partial charge in [-0.2, -0.15) is 4.31 Å². The minimum Gasteiger partial charge on any atom is -0.497 e. The number of sulfonamides is 1. The number of ether oxygens (including phenoxy) is 1. The molecular formula is C24H26N2O4S. The lowest BCUT2D eigenvalue weighted by Crippen LogP contribution is -2.27. The SMILES string of the molecule is COc1cccc(CN(C)C(=O)c2ccc(CN(C)S(=O)(=O)c3ccccc3)cc2)c1. The van der Waals surface area contributed by atoms with Crippen LogP contribution >= 0.6 is 0 Å². The first-order valence-electron chi connectivity index (χ1n) is 9.80. The zero-order chi connectivity index (χ0) is 22.4. The van der Waals surface area contributed by atoms with E-state index in [1.165, 1.54) is 4.31 Å². The Morgan fingerprint density at radius 2 is 1.52 bits per heavy atom. The van der Waals surface area contributed by atoms with E-state index in [0.29, 0.717) is 12.1 Å². The first kappa shape index (κ1) is 22.5. The van der Waals surface area contributed by atoms with Crippen LogP contribution in [-0.2, 0) is 23.1 Å². The Morgan fingerprint density at radius 3 is 2.16 bits per heavy atom. The number of hydrogen-bond donors (Lipinski definition) is 0. The lowest BCUT2D eigenvalue weighted by atomic mass is 10.1. The summed E-state index contributed by atoms with van der Waals surface area (Å²) >= 11 is 0. The predicted molar refractivity (Wildman–Crippen MR) is 120 cm³/mol. The number of nitrogens with zero attached hydrogens (tertiary/aromatic N) is 2. The molecule has 7 heteroatoms. The van der Waals surface area contributed by atoms with Gasteiger partial charge in [0.15, 0.2) is 0 Å². The van der Waals surface area contributed by atoms with Crippen molar-refractivity contribution >= 4 is 15.9 Å².